The molecule has 0 spiro atoms. The van der Waals surface area contributed by atoms with E-state index in [0.717, 1.165) is 5.56 Å². The zero-order chi connectivity index (χ0) is 10.7. The number of ether oxygens (including phenoxy) is 1. The molecule has 15 heavy (non-hydrogen) atoms. The molecule has 4 heteroatoms. The molecule has 4 nitrogen and oxygen atoms in total. The molecule has 1 aliphatic carbocycles. The van der Waals surface area contributed by atoms with Crippen LogP contribution in [0.2, 0.25) is 0 Å². The quantitative estimate of drug-likeness (QED) is 0.829. The summed E-state index contributed by atoms with van der Waals surface area (Å²) in [6, 6.07) is 0. The van der Waals surface area contributed by atoms with Gasteiger partial charge in [-0.05, 0) is 19.8 Å². The largest absolute Gasteiger partial charge is 0.382 e. The standard InChI is InChI=1S/C11H19N3O/c1-9-7-14(13-11(9)12)8-15-10-5-3-2-4-6-10/h7,10H,2-6,8H2,1H3,(H2,12,13). The lowest BCUT2D eigenvalue weighted by atomic mass is 9.98. The first-order valence-corrected chi connectivity index (χ1v) is 5.67. The summed E-state index contributed by atoms with van der Waals surface area (Å²) in [7, 11) is 0. The number of rotatable bonds is 3. The van der Waals surface area contributed by atoms with Gasteiger partial charge in [0.15, 0.2) is 0 Å². The van der Waals surface area contributed by atoms with E-state index < -0.39 is 0 Å². The van der Waals surface area contributed by atoms with E-state index in [1.807, 2.05) is 13.1 Å². The van der Waals surface area contributed by atoms with Gasteiger partial charge in [0.1, 0.15) is 12.5 Å². The minimum atomic E-state index is 0.421. The van der Waals surface area contributed by atoms with Crippen molar-refractivity contribution in [3.05, 3.63) is 11.8 Å². The van der Waals surface area contributed by atoms with Crippen LogP contribution in [0, 0.1) is 6.92 Å². The van der Waals surface area contributed by atoms with E-state index >= 15 is 0 Å². The summed E-state index contributed by atoms with van der Waals surface area (Å²) in [6.07, 6.45) is 8.68. The molecular weight excluding hydrogens is 190 g/mol. The molecule has 0 aliphatic heterocycles. The highest BCUT2D eigenvalue weighted by Gasteiger charge is 2.13. The van der Waals surface area contributed by atoms with Crippen molar-refractivity contribution >= 4 is 5.82 Å². The van der Waals surface area contributed by atoms with E-state index in [1.165, 1.54) is 32.1 Å². The first-order valence-electron chi connectivity index (χ1n) is 5.67. The van der Waals surface area contributed by atoms with Crippen LogP contribution in [0.25, 0.3) is 0 Å². The average Bonchev–Trinajstić information content (AvgIpc) is 2.57. The van der Waals surface area contributed by atoms with E-state index in [1.54, 1.807) is 4.68 Å². The van der Waals surface area contributed by atoms with Crippen molar-refractivity contribution in [2.75, 3.05) is 5.73 Å². The van der Waals surface area contributed by atoms with Gasteiger partial charge in [-0.15, -0.1) is 0 Å². The summed E-state index contributed by atoms with van der Waals surface area (Å²) >= 11 is 0. The first-order chi connectivity index (χ1) is 7.25. The van der Waals surface area contributed by atoms with Crippen molar-refractivity contribution in [1.29, 1.82) is 0 Å². The summed E-state index contributed by atoms with van der Waals surface area (Å²) in [6.45, 7) is 2.49. The lowest BCUT2D eigenvalue weighted by molar-refractivity contribution is -0.0176. The molecule has 0 aromatic carbocycles. The Kier molecular flexibility index (Phi) is 3.26. The van der Waals surface area contributed by atoms with Crippen molar-refractivity contribution in [2.45, 2.75) is 51.9 Å². The third-order valence-corrected chi connectivity index (χ3v) is 2.98. The Labute approximate surface area is 90.4 Å². The van der Waals surface area contributed by atoms with Gasteiger partial charge in [0.05, 0.1) is 6.10 Å². The highest BCUT2D eigenvalue weighted by Crippen LogP contribution is 2.20. The van der Waals surface area contributed by atoms with Crippen molar-refractivity contribution in [1.82, 2.24) is 9.78 Å². The Bertz CT molecular complexity index is 296. The predicted octanol–water partition coefficient (Wildman–Crippen LogP) is 2.08. The van der Waals surface area contributed by atoms with Gasteiger partial charge in [-0.2, -0.15) is 5.10 Å². The fourth-order valence-electron chi connectivity index (χ4n) is 2.02. The average molecular weight is 209 g/mol. The third-order valence-electron chi connectivity index (χ3n) is 2.98. The zero-order valence-corrected chi connectivity index (χ0v) is 9.28. The van der Waals surface area contributed by atoms with Crippen LogP contribution < -0.4 is 5.73 Å². The van der Waals surface area contributed by atoms with Crippen molar-refractivity contribution in [2.24, 2.45) is 0 Å². The molecule has 1 aromatic heterocycles. The van der Waals surface area contributed by atoms with Gasteiger partial charge in [0.2, 0.25) is 0 Å². The van der Waals surface area contributed by atoms with E-state index in [9.17, 15) is 0 Å². The van der Waals surface area contributed by atoms with Crippen LogP contribution in [0.1, 0.15) is 37.7 Å². The monoisotopic (exact) mass is 209 g/mol. The molecule has 0 amide bonds. The van der Waals surface area contributed by atoms with Crippen LogP contribution in [0.4, 0.5) is 5.82 Å². The third kappa shape index (κ3) is 2.72. The van der Waals surface area contributed by atoms with Gasteiger partial charge in [-0.3, -0.25) is 0 Å². The van der Waals surface area contributed by atoms with E-state index in [4.69, 9.17) is 10.5 Å². The lowest BCUT2D eigenvalue weighted by Gasteiger charge is -2.21. The van der Waals surface area contributed by atoms with Crippen molar-refractivity contribution in [3.63, 3.8) is 0 Å². The van der Waals surface area contributed by atoms with Crippen LogP contribution in [0.15, 0.2) is 6.20 Å². The van der Waals surface area contributed by atoms with Gasteiger partial charge in [0.25, 0.3) is 0 Å². The Morgan fingerprint density at radius 2 is 2.20 bits per heavy atom. The van der Waals surface area contributed by atoms with Crippen molar-refractivity contribution in [3.8, 4) is 0 Å². The molecule has 84 valence electrons. The zero-order valence-electron chi connectivity index (χ0n) is 9.28. The molecule has 2 N–H and O–H groups in total. The minimum absolute atomic E-state index is 0.421. The summed E-state index contributed by atoms with van der Waals surface area (Å²) in [5.74, 6) is 0.599. The highest BCUT2D eigenvalue weighted by atomic mass is 16.5. The molecule has 1 aromatic rings. The number of nitrogen functional groups attached to an aromatic ring is 1. The number of aromatic nitrogens is 2. The number of nitrogens with two attached hydrogens (primary N) is 1. The fraction of sp³-hybridized carbons (Fsp3) is 0.727. The number of hydrogen-bond donors (Lipinski definition) is 1. The van der Waals surface area contributed by atoms with Crippen molar-refractivity contribution < 1.29 is 4.74 Å². The normalized spacial score (nSPS) is 18.2. The second kappa shape index (κ2) is 4.66. The highest BCUT2D eigenvalue weighted by molar-refractivity contribution is 5.35. The van der Waals surface area contributed by atoms with Crippen LogP contribution in [0.5, 0.6) is 0 Å². The number of anilines is 1. The first kappa shape index (κ1) is 10.5. The van der Waals surface area contributed by atoms with Crippen LogP contribution in [0.3, 0.4) is 0 Å². The summed E-state index contributed by atoms with van der Waals surface area (Å²) in [4.78, 5) is 0. The second-order valence-electron chi connectivity index (χ2n) is 4.29. The Morgan fingerprint density at radius 3 is 2.80 bits per heavy atom. The van der Waals surface area contributed by atoms with Gasteiger partial charge < -0.3 is 10.5 Å². The molecule has 0 atom stereocenters. The molecule has 2 rings (SSSR count). The molecule has 1 fully saturated rings. The maximum atomic E-state index is 5.78. The molecular formula is C11H19N3O. The van der Waals surface area contributed by atoms with Crippen LogP contribution in [-0.4, -0.2) is 15.9 Å². The summed E-state index contributed by atoms with van der Waals surface area (Å²) in [5, 5.41) is 4.16. The predicted molar refractivity (Wildman–Crippen MR) is 59.3 cm³/mol. The van der Waals surface area contributed by atoms with Gasteiger partial charge in [-0.1, -0.05) is 19.3 Å². The fourth-order valence-corrected chi connectivity index (χ4v) is 2.02. The summed E-state index contributed by atoms with van der Waals surface area (Å²) in [5.41, 5.74) is 6.68. The smallest absolute Gasteiger partial charge is 0.148 e. The number of nitrogens with zero attached hydrogens (tertiary/aromatic N) is 2. The molecule has 1 saturated carbocycles. The van der Waals surface area contributed by atoms with Crippen LogP contribution in [-0.2, 0) is 11.5 Å². The Morgan fingerprint density at radius 1 is 1.47 bits per heavy atom. The molecule has 1 heterocycles. The maximum Gasteiger partial charge on any atom is 0.148 e. The SMILES string of the molecule is Cc1cn(COC2CCCCC2)nc1N. The van der Waals surface area contributed by atoms with E-state index in [0.29, 0.717) is 18.7 Å². The van der Waals surface area contributed by atoms with Crippen LogP contribution >= 0.6 is 0 Å². The second-order valence-corrected chi connectivity index (χ2v) is 4.29. The van der Waals surface area contributed by atoms with E-state index in [-0.39, 0.29) is 0 Å². The molecule has 0 radical (unpaired) electrons. The van der Waals surface area contributed by atoms with Gasteiger partial charge in [-0.25, -0.2) is 4.68 Å². The Balaban J connectivity index is 1.81. The lowest BCUT2D eigenvalue weighted by Crippen LogP contribution is -2.18. The maximum absolute atomic E-state index is 5.78. The topological polar surface area (TPSA) is 53.1 Å². The molecule has 0 unspecified atom stereocenters. The Hall–Kier alpha value is -1.03. The summed E-state index contributed by atoms with van der Waals surface area (Å²) < 4.78 is 7.56. The molecule has 1 aliphatic rings. The van der Waals surface area contributed by atoms with E-state index in [2.05, 4.69) is 5.10 Å². The molecule has 0 saturated heterocycles. The number of hydrogen-bond acceptors (Lipinski definition) is 3. The molecule has 0 bridgehead atoms. The number of aryl methyl sites for hydroxylation is 1. The van der Waals surface area contributed by atoms with Gasteiger partial charge in [0, 0.05) is 11.8 Å². The minimum Gasteiger partial charge on any atom is -0.382 e. The van der Waals surface area contributed by atoms with Gasteiger partial charge >= 0.3 is 0 Å².